The molecule has 1 amide bonds. The summed E-state index contributed by atoms with van der Waals surface area (Å²) >= 11 is 0. The van der Waals surface area contributed by atoms with E-state index in [9.17, 15) is 14.9 Å². The lowest BCUT2D eigenvalue weighted by atomic mass is 10.2. The summed E-state index contributed by atoms with van der Waals surface area (Å²) in [4.78, 5) is 20.4. The zero-order valence-corrected chi connectivity index (χ0v) is 8.61. The van der Waals surface area contributed by atoms with Gasteiger partial charge in [0.2, 0.25) is 6.41 Å². The van der Waals surface area contributed by atoms with Crippen LogP contribution in [0.15, 0.2) is 36.7 Å². The maximum Gasteiger partial charge on any atom is 0.307 e. The van der Waals surface area contributed by atoms with Crippen LogP contribution in [-0.4, -0.2) is 21.1 Å². The molecule has 86 valence electrons. The minimum atomic E-state index is -0.529. The molecule has 0 aliphatic heterocycles. The number of para-hydroxylation sites is 2. The molecule has 0 aliphatic carbocycles. The Kier molecular flexibility index (Phi) is 2.82. The van der Waals surface area contributed by atoms with E-state index in [1.54, 1.807) is 24.3 Å². The molecule has 0 aliphatic rings. The van der Waals surface area contributed by atoms with Gasteiger partial charge < -0.3 is 5.32 Å². The van der Waals surface area contributed by atoms with Crippen molar-refractivity contribution in [1.82, 2.24) is 9.78 Å². The van der Waals surface area contributed by atoms with Crippen LogP contribution in [0.3, 0.4) is 0 Å². The number of nitrogens with zero attached hydrogens (tertiary/aromatic N) is 3. The molecule has 0 bridgehead atoms. The van der Waals surface area contributed by atoms with Crippen molar-refractivity contribution in [2.24, 2.45) is 0 Å². The minimum Gasteiger partial charge on any atom is -0.327 e. The van der Waals surface area contributed by atoms with Gasteiger partial charge in [-0.05, 0) is 12.1 Å². The SMILES string of the molecule is O=CNc1ccccc1-n1cc([N+](=O)[O-])cn1. The molecule has 1 aromatic heterocycles. The molecule has 1 aromatic carbocycles. The van der Waals surface area contributed by atoms with Gasteiger partial charge >= 0.3 is 5.69 Å². The van der Waals surface area contributed by atoms with Crippen molar-refractivity contribution in [2.45, 2.75) is 0 Å². The Morgan fingerprint density at radius 3 is 2.82 bits per heavy atom. The summed E-state index contributed by atoms with van der Waals surface area (Å²) in [7, 11) is 0. The van der Waals surface area contributed by atoms with Gasteiger partial charge in [0.1, 0.15) is 12.4 Å². The van der Waals surface area contributed by atoms with Gasteiger partial charge in [-0.2, -0.15) is 5.10 Å². The highest BCUT2D eigenvalue weighted by molar-refractivity contribution is 5.76. The van der Waals surface area contributed by atoms with Crippen LogP contribution >= 0.6 is 0 Å². The Balaban J connectivity index is 2.44. The Hall–Kier alpha value is -2.70. The zero-order valence-electron chi connectivity index (χ0n) is 8.61. The molecule has 2 rings (SSSR count). The molecule has 7 heteroatoms. The fourth-order valence-corrected chi connectivity index (χ4v) is 1.40. The van der Waals surface area contributed by atoms with Crippen molar-refractivity contribution in [3.63, 3.8) is 0 Å². The van der Waals surface area contributed by atoms with Crippen LogP contribution in [0.25, 0.3) is 5.69 Å². The van der Waals surface area contributed by atoms with Gasteiger partial charge in [-0.1, -0.05) is 12.1 Å². The lowest BCUT2D eigenvalue weighted by molar-refractivity contribution is -0.384. The Morgan fingerprint density at radius 2 is 2.18 bits per heavy atom. The van der Waals surface area contributed by atoms with Gasteiger partial charge in [-0.25, -0.2) is 4.68 Å². The van der Waals surface area contributed by atoms with Crippen LogP contribution < -0.4 is 5.32 Å². The molecule has 0 unspecified atom stereocenters. The third-order valence-corrected chi connectivity index (χ3v) is 2.15. The van der Waals surface area contributed by atoms with Crippen molar-refractivity contribution in [3.8, 4) is 5.69 Å². The maximum atomic E-state index is 10.5. The Labute approximate surface area is 95.8 Å². The quantitative estimate of drug-likeness (QED) is 0.489. The predicted octanol–water partition coefficient (Wildman–Crippen LogP) is 1.35. The molecule has 0 saturated heterocycles. The van der Waals surface area contributed by atoms with E-state index in [1.165, 1.54) is 10.9 Å². The zero-order chi connectivity index (χ0) is 12.3. The van der Waals surface area contributed by atoms with Crippen molar-refractivity contribution < 1.29 is 9.72 Å². The van der Waals surface area contributed by atoms with E-state index in [-0.39, 0.29) is 5.69 Å². The number of nitro groups is 1. The molecule has 0 fully saturated rings. The third kappa shape index (κ3) is 2.12. The summed E-state index contributed by atoms with van der Waals surface area (Å²) in [5, 5.41) is 16.9. The number of amides is 1. The molecular formula is C10H8N4O3. The Morgan fingerprint density at radius 1 is 1.41 bits per heavy atom. The number of hydrogen-bond acceptors (Lipinski definition) is 4. The number of benzene rings is 1. The Bertz CT molecular complexity index is 564. The maximum absolute atomic E-state index is 10.5. The van der Waals surface area contributed by atoms with E-state index < -0.39 is 4.92 Å². The molecule has 1 N–H and O–H groups in total. The highest BCUT2D eigenvalue weighted by Gasteiger charge is 2.11. The fourth-order valence-electron chi connectivity index (χ4n) is 1.40. The van der Waals surface area contributed by atoms with E-state index in [1.807, 2.05) is 0 Å². The van der Waals surface area contributed by atoms with Gasteiger partial charge in [0.25, 0.3) is 0 Å². The second kappa shape index (κ2) is 4.44. The number of carbonyl (C=O) groups excluding carboxylic acids is 1. The van der Waals surface area contributed by atoms with E-state index in [2.05, 4.69) is 10.4 Å². The van der Waals surface area contributed by atoms with Crippen molar-refractivity contribution >= 4 is 17.8 Å². The number of aromatic nitrogens is 2. The van der Waals surface area contributed by atoms with Crippen LogP contribution in [0.2, 0.25) is 0 Å². The smallest absolute Gasteiger partial charge is 0.307 e. The first-order chi connectivity index (χ1) is 8.22. The number of nitrogens with one attached hydrogen (secondary N) is 1. The summed E-state index contributed by atoms with van der Waals surface area (Å²) in [5.41, 5.74) is 0.985. The molecule has 0 radical (unpaired) electrons. The first-order valence-electron chi connectivity index (χ1n) is 4.71. The molecule has 0 saturated carbocycles. The van der Waals surface area contributed by atoms with Crippen molar-refractivity contribution in [2.75, 3.05) is 5.32 Å². The van der Waals surface area contributed by atoms with Gasteiger partial charge in [0.05, 0.1) is 16.3 Å². The first-order valence-corrected chi connectivity index (χ1v) is 4.71. The molecule has 17 heavy (non-hydrogen) atoms. The van der Waals surface area contributed by atoms with Gasteiger partial charge in [0, 0.05) is 0 Å². The van der Waals surface area contributed by atoms with E-state index in [0.717, 1.165) is 6.20 Å². The molecule has 0 spiro atoms. The normalized spacial score (nSPS) is 9.88. The number of hydrogen-bond donors (Lipinski definition) is 1. The van der Waals surface area contributed by atoms with Gasteiger partial charge in [-0.3, -0.25) is 14.9 Å². The number of anilines is 1. The summed E-state index contributed by atoms with van der Waals surface area (Å²) < 4.78 is 1.34. The number of carbonyl (C=O) groups is 1. The summed E-state index contributed by atoms with van der Waals surface area (Å²) in [6.45, 7) is 0. The van der Waals surface area contributed by atoms with Crippen LogP contribution in [-0.2, 0) is 4.79 Å². The summed E-state index contributed by atoms with van der Waals surface area (Å²) in [5.74, 6) is 0. The van der Waals surface area contributed by atoms with Crippen LogP contribution in [0.1, 0.15) is 0 Å². The summed E-state index contributed by atoms with van der Waals surface area (Å²) in [6.07, 6.45) is 2.97. The average Bonchev–Trinajstić information content (AvgIpc) is 2.79. The van der Waals surface area contributed by atoms with Crippen LogP contribution in [0.5, 0.6) is 0 Å². The predicted molar refractivity (Wildman–Crippen MR) is 59.9 cm³/mol. The second-order valence-corrected chi connectivity index (χ2v) is 3.18. The second-order valence-electron chi connectivity index (χ2n) is 3.18. The number of rotatable bonds is 4. The van der Waals surface area contributed by atoms with Gasteiger partial charge in [-0.15, -0.1) is 0 Å². The van der Waals surface area contributed by atoms with Crippen molar-refractivity contribution in [1.29, 1.82) is 0 Å². The van der Waals surface area contributed by atoms with Gasteiger partial charge in [0.15, 0.2) is 0 Å². The molecule has 2 aromatic rings. The molecule has 7 nitrogen and oxygen atoms in total. The third-order valence-electron chi connectivity index (χ3n) is 2.15. The van der Waals surface area contributed by atoms with E-state index >= 15 is 0 Å². The van der Waals surface area contributed by atoms with Crippen LogP contribution in [0.4, 0.5) is 11.4 Å². The minimum absolute atomic E-state index is 0.106. The highest BCUT2D eigenvalue weighted by Crippen LogP contribution is 2.20. The largest absolute Gasteiger partial charge is 0.327 e. The van der Waals surface area contributed by atoms with Crippen LogP contribution in [0, 0.1) is 10.1 Å². The standard InChI is InChI=1S/C10H8N4O3/c15-7-11-9-3-1-2-4-10(9)13-6-8(5-12-13)14(16)17/h1-7H,(H,11,15). The molecular weight excluding hydrogens is 224 g/mol. The van der Waals surface area contributed by atoms with E-state index in [0.29, 0.717) is 17.8 Å². The lowest BCUT2D eigenvalue weighted by Gasteiger charge is -2.06. The molecule has 0 atom stereocenters. The first kappa shape index (κ1) is 10.8. The molecule has 1 heterocycles. The topological polar surface area (TPSA) is 90.1 Å². The summed E-state index contributed by atoms with van der Waals surface area (Å²) in [6, 6.07) is 6.87. The fraction of sp³-hybridized carbons (Fsp3) is 0. The highest BCUT2D eigenvalue weighted by atomic mass is 16.6. The van der Waals surface area contributed by atoms with E-state index in [4.69, 9.17) is 0 Å². The lowest BCUT2D eigenvalue weighted by Crippen LogP contribution is -2.02. The monoisotopic (exact) mass is 232 g/mol. The average molecular weight is 232 g/mol. The van der Waals surface area contributed by atoms with Crippen molar-refractivity contribution in [3.05, 3.63) is 46.8 Å².